The first-order chi connectivity index (χ1) is 19.5. The van der Waals surface area contributed by atoms with Crippen LogP contribution in [-0.2, 0) is 4.74 Å². The fourth-order valence-electron chi connectivity index (χ4n) is 5.53. The summed E-state index contributed by atoms with van der Waals surface area (Å²) >= 11 is 0. The molecule has 5 heterocycles. The topological polar surface area (TPSA) is 89.2 Å². The van der Waals surface area contributed by atoms with Crippen molar-refractivity contribution >= 4 is 17.2 Å². The Bertz CT molecular complexity index is 1580. The van der Waals surface area contributed by atoms with Crippen LogP contribution in [0.3, 0.4) is 0 Å². The van der Waals surface area contributed by atoms with E-state index in [-0.39, 0.29) is 11.6 Å². The molecule has 3 aromatic heterocycles. The number of imidazole rings is 1. The highest BCUT2D eigenvalue weighted by atomic mass is 19.1. The third-order valence-corrected chi connectivity index (χ3v) is 8.17. The number of hydrogen-bond acceptors (Lipinski definition) is 7. The number of rotatable bonds is 7. The van der Waals surface area contributed by atoms with Crippen molar-refractivity contribution in [2.75, 3.05) is 51.4 Å². The number of ether oxygens (including phenoxy) is 2. The number of anilines is 1. The van der Waals surface area contributed by atoms with Gasteiger partial charge in [-0.3, -0.25) is 14.1 Å². The van der Waals surface area contributed by atoms with Gasteiger partial charge in [-0.05, 0) is 37.5 Å². The Labute approximate surface area is 231 Å². The summed E-state index contributed by atoms with van der Waals surface area (Å²) in [5, 5.41) is 7.44. The van der Waals surface area contributed by atoms with Gasteiger partial charge in [-0.25, -0.2) is 14.1 Å². The molecule has 208 valence electrons. The van der Waals surface area contributed by atoms with Crippen molar-refractivity contribution in [1.29, 1.82) is 0 Å². The number of hydrogen-bond donors (Lipinski definition) is 1. The third-order valence-electron chi connectivity index (χ3n) is 8.17. The molecule has 1 saturated carbocycles. The lowest BCUT2D eigenvalue weighted by molar-refractivity contribution is -0.0660. The zero-order valence-corrected chi connectivity index (χ0v) is 22.6. The molecule has 1 amide bonds. The maximum absolute atomic E-state index is 14.7. The fraction of sp³-hybridized carbons (Fsp3) is 0.414. The third kappa shape index (κ3) is 4.48. The van der Waals surface area contributed by atoms with Gasteiger partial charge >= 0.3 is 0 Å². The van der Waals surface area contributed by atoms with Crippen LogP contribution in [0.15, 0.2) is 43.0 Å². The number of carbonyl (C=O) groups is 1. The number of carbonyl (C=O) groups excluding carboxylic acids is 1. The molecule has 0 bridgehead atoms. The number of nitrogens with zero attached hydrogens (tertiary/aromatic N) is 6. The van der Waals surface area contributed by atoms with Gasteiger partial charge in [0.05, 0.1) is 61.4 Å². The standard InChI is InChI=1S/C29H32FN7O3/c1-18-9-23(30)22(29(38)33-20-3-4-20)10-24(18)37-14-19(12-32-37)25-13-31-28-11-27(39-2)26(15-36(25)28)35-7-5-34(6-8-35)21-16-40-17-21/h9-15,20-21H,3-8,16-17H2,1-2H3,(H,33,38). The van der Waals surface area contributed by atoms with Gasteiger partial charge in [-0.2, -0.15) is 5.10 Å². The summed E-state index contributed by atoms with van der Waals surface area (Å²) < 4.78 is 29.6. The van der Waals surface area contributed by atoms with Gasteiger partial charge in [-0.15, -0.1) is 0 Å². The molecule has 1 N–H and O–H groups in total. The minimum Gasteiger partial charge on any atom is -0.494 e. The van der Waals surface area contributed by atoms with Crippen molar-refractivity contribution in [2.24, 2.45) is 0 Å². The summed E-state index contributed by atoms with van der Waals surface area (Å²) in [7, 11) is 1.69. The van der Waals surface area contributed by atoms with Crippen molar-refractivity contribution in [3.8, 4) is 22.7 Å². The number of halogens is 1. The number of methoxy groups -OCH3 is 1. The van der Waals surface area contributed by atoms with Crippen molar-refractivity contribution in [2.45, 2.75) is 31.8 Å². The van der Waals surface area contributed by atoms with E-state index in [0.717, 1.165) is 80.6 Å². The van der Waals surface area contributed by atoms with Gasteiger partial charge in [-0.1, -0.05) is 0 Å². The number of piperazine rings is 1. The first kappa shape index (κ1) is 25.0. The molecule has 11 heteroatoms. The van der Waals surface area contributed by atoms with Crippen LogP contribution < -0.4 is 15.0 Å². The highest BCUT2D eigenvalue weighted by Gasteiger charge is 2.30. The highest BCUT2D eigenvalue weighted by molar-refractivity contribution is 5.95. The number of nitrogens with one attached hydrogen (secondary N) is 1. The van der Waals surface area contributed by atoms with Gasteiger partial charge < -0.3 is 19.7 Å². The molecule has 7 rings (SSSR count). The predicted molar refractivity (Wildman–Crippen MR) is 148 cm³/mol. The molecule has 4 aromatic rings. The molecule has 2 saturated heterocycles. The maximum Gasteiger partial charge on any atom is 0.254 e. The molecule has 10 nitrogen and oxygen atoms in total. The van der Waals surface area contributed by atoms with E-state index in [1.165, 1.54) is 6.07 Å². The number of aryl methyl sites for hydroxylation is 1. The number of benzene rings is 1. The number of aromatic nitrogens is 4. The van der Waals surface area contributed by atoms with Crippen molar-refractivity contribution in [3.05, 3.63) is 59.9 Å². The number of pyridine rings is 1. The van der Waals surface area contributed by atoms with Gasteiger partial charge in [0.25, 0.3) is 5.91 Å². The Balaban J connectivity index is 1.19. The molecule has 3 aliphatic rings. The van der Waals surface area contributed by atoms with Crippen LogP contribution in [0.2, 0.25) is 0 Å². The number of fused-ring (bicyclic) bond motifs is 1. The average molecular weight is 546 g/mol. The number of amides is 1. The Kier molecular flexibility index (Phi) is 6.20. The Morgan fingerprint density at radius 2 is 1.88 bits per heavy atom. The summed E-state index contributed by atoms with van der Waals surface area (Å²) in [6, 6.07) is 5.61. The molecule has 0 unspecified atom stereocenters. The smallest absolute Gasteiger partial charge is 0.254 e. The summed E-state index contributed by atoms with van der Waals surface area (Å²) in [6.07, 6.45) is 9.43. The minimum atomic E-state index is -0.531. The molecular formula is C29H32FN7O3. The fourth-order valence-corrected chi connectivity index (χ4v) is 5.53. The van der Waals surface area contributed by atoms with Crippen LogP contribution in [-0.4, -0.2) is 88.6 Å². The molecule has 0 atom stereocenters. The predicted octanol–water partition coefficient (Wildman–Crippen LogP) is 3.06. The van der Waals surface area contributed by atoms with Gasteiger partial charge in [0.15, 0.2) is 0 Å². The lowest BCUT2D eigenvalue weighted by Gasteiger charge is -2.43. The quantitative estimate of drug-likeness (QED) is 0.382. The lowest BCUT2D eigenvalue weighted by Crippen LogP contribution is -2.56. The summed E-state index contributed by atoms with van der Waals surface area (Å²) in [6.45, 7) is 7.24. The van der Waals surface area contributed by atoms with E-state index in [4.69, 9.17) is 9.47 Å². The van der Waals surface area contributed by atoms with E-state index in [2.05, 4.69) is 35.8 Å². The normalized spacial score (nSPS) is 18.2. The summed E-state index contributed by atoms with van der Waals surface area (Å²) in [4.78, 5) is 22.1. The van der Waals surface area contributed by atoms with E-state index in [1.54, 1.807) is 24.1 Å². The zero-order valence-electron chi connectivity index (χ0n) is 22.6. The van der Waals surface area contributed by atoms with Gasteiger partial charge in [0, 0.05) is 56.2 Å². The first-order valence-corrected chi connectivity index (χ1v) is 13.8. The largest absolute Gasteiger partial charge is 0.494 e. The Morgan fingerprint density at radius 3 is 2.58 bits per heavy atom. The monoisotopic (exact) mass is 545 g/mol. The van der Waals surface area contributed by atoms with E-state index >= 15 is 0 Å². The second kappa shape index (κ2) is 9.90. The Hall–Kier alpha value is -3.96. The molecule has 3 fully saturated rings. The van der Waals surface area contributed by atoms with Gasteiger partial charge in [0.1, 0.15) is 17.2 Å². The Morgan fingerprint density at radius 1 is 1.07 bits per heavy atom. The first-order valence-electron chi connectivity index (χ1n) is 13.8. The van der Waals surface area contributed by atoms with Crippen molar-refractivity contribution in [1.82, 2.24) is 29.4 Å². The van der Waals surface area contributed by atoms with Crippen LogP contribution >= 0.6 is 0 Å². The van der Waals surface area contributed by atoms with E-state index in [9.17, 15) is 9.18 Å². The van der Waals surface area contributed by atoms with Crippen molar-refractivity contribution in [3.63, 3.8) is 0 Å². The minimum absolute atomic E-state index is 0.0287. The highest BCUT2D eigenvalue weighted by Crippen LogP contribution is 2.33. The van der Waals surface area contributed by atoms with Crippen LogP contribution in [0, 0.1) is 12.7 Å². The SMILES string of the molecule is COc1cc2ncc(-c3cnn(-c4cc(C(=O)NC5CC5)c(F)cc4C)c3)n2cc1N1CCN(C2COC2)CC1. The van der Waals surface area contributed by atoms with Crippen LogP contribution in [0.4, 0.5) is 10.1 Å². The van der Waals surface area contributed by atoms with E-state index in [1.807, 2.05) is 25.4 Å². The van der Waals surface area contributed by atoms with Crippen LogP contribution in [0.25, 0.3) is 22.6 Å². The molecule has 1 aromatic carbocycles. The van der Waals surface area contributed by atoms with Crippen molar-refractivity contribution < 1.29 is 18.7 Å². The molecule has 1 aliphatic carbocycles. The second-order valence-electron chi connectivity index (χ2n) is 10.9. The summed E-state index contributed by atoms with van der Waals surface area (Å²) in [5.41, 5.74) is 4.89. The molecule has 40 heavy (non-hydrogen) atoms. The van der Waals surface area contributed by atoms with E-state index < -0.39 is 11.7 Å². The van der Waals surface area contributed by atoms with Crippen LogP contribution in [0.1, 0.15) is 28.8 Å². The lowest BCUT2D eigenvalue weighted by atomic mass is 10.1. The zero-order chi connectivity index (χ0) is 27.4. The maximum atomic E-state index is 14.7. The average Bonchev–Trinajstić information content (AvgIpc) is 3.44. The van der Waals surface area contributed by atoms with Gasteiger partial charge in [0.2, 0.25) is 0 Å². The van der Waals surface area contributed by atoms with E-state index in [0.29, 0.717) is 17.3 Å². The van der Waals surface area contributed by atoms with Crippen LogP contribution in [0.5, 0.6) is 5.75 Å². The summed E-state index contributed by atoms with van der Waals surface area (Å²) in [5.74, 6) is -0.129. The second-order valence-corrected chi connectivity index (χ2v) is 10.9. The molecule has 0 spiro atoms. The molecule has 2 aliphatic heterocycles. The molecular weight excluding hydrogens is 513 g/mol. The molecule has 0 radical (unpaired) electrons.